The second-order valence-electron chi connectivity index (χ2n) is 4.01. The summed E-state index contributed by atoms with van der Waals surface area (Å²) in [6.07, 6.45) is 1.88. The molecule has 0 radical (unpaired) electrons. The Morgan fingerprint density at radius 1 is 1.56 bits per heavy atom. The van der Waals surface area contributed by atoms with Gasteiger partial charge in [-0.1, -0.05) is 18.1 Å². The first-order valence-electron chi connectivity index (χ1n) is 5.97. The van der Waals surface area contributed by atoms with Gasteiger partial charge < -0.3 is 10.3 Å². The Morgan fingerprint density at radius 3 is 3.17 bits per heavy atom. The van der Waals surface area contributed by atoms with Crippen LogP contribution in [0.2, 0.25) is 0 Å². The first-order valence-corrected chi connectivity index (χ1v) is 7.90. The van der Waals surface area contributed by atoms with Crippen molar-refractivity contribution < 1.29 is 4.52 Å². The van der Waals surface area contributed by atoms with Crippen LogP contribution in [0.3, 0.4) is 0 Å². The Labute approximate surface area is 115 Å². The molecule has 18 heavy (non-hydrogen) atoms. The highest BCUT2D eigenvalue weighted by Crippen LogP contribution is 2.21. The van der Waals surface area contributed by atoms with Crippen LogP contribution < -0.4 is 5.73 Å². The molecule has 2 aromatic rings. The second-order valence-corrected chi connectivity index (χ2v) is 6.50. The normalized spacial score (nSPS) is 12.8. The van der Waals surface area contributed by atoms with Gasteiger partial charge in [-0.2, -0.15) is 16.7 Å². The van der Waals surface area contributed by atoms with Gasteiger partial charge in [0.05, 0.1) is 4.88 Å². The maximum atomic E-state index is 5.56. The highest BCUT2D eigenvalue weighted by Gasteiger charge is 2.09. The molecule has 0 aliphatic rings. The zero-order valence-corrected chi connectivity index (χ0v) is 12.0. The van der Waals surface area contributed by atoms with E-state index in [1.807, 2.05) is 29.3 Å². The van der Waals surface area contributed by atoms with Crippen LogP contribution in [0.25, 0.3) is 10.7 Å². The Morgan fingerprint density at radius 2 is 2.44 bits per heavy atom. The lowest BCUT2D eigenvalue weighted by Gasteiger charge is -2.06. The molecule has 1 atom stereocenters. The number of thiophene rings is 1. The zero-order chi connectivity index (χ0) is 12.8. The standard InChI is InChI=1S/C12H17N3OS2/c1-9(8-13)17-6-3-5-11-14-12(15-16-11)10-4-2-7-18-10/h2,4,7,9H,3,5-6,8,13H2,1H3. The number of rotatable bonds is 7. The van der Waals surface area contributed by atoms with Gasteiger partial charge >= 0.3 is 0 Å². The van der Waals surface area contributed by atoms with Crippen LogP contribution in [-0.4, -0.2) is 27.7 Å². The van der Waals surface area contributed by atoms with Gasteiger partial charge in [0, 0.05) is 18.2 Å². The highest BCUT2D eigenvalue weighted by atomic mass is 32.2. The van der Waals surface area contributed by atoms with Gasteiger partial charge in [0.1, 0.15) is 0 Å². The molecule has 2 N–H and O–H groups in total. The summed E-state index contributed by atoms with van der Waals surface area (Å²) in [5, 5.41) is 6.52. The molecule has 0 bridgehead atoms. The Bertz CT molecular complexity index is 456. The molecule has 1 unspecified atom stereocenters. The van der Waals surface area contributed by atoms with Crippen LogP contribution in [0, 0.1) is 0 Å². The summed E-state index contributed by atoms with van der Waals surface area (Å²) in [4.78, 5) is 5.44. The van der Waals surface area contributed by atoms with Crippen LogP contribution in [0.4, 0.5) is 0 Å². The molecular weight excluding hydrogens is 266 g/mol. The van der Waals surface area contributed by atoms with Crippen molar-refractivity contribution in [3.05, 3.63) is 23.4 Å². The van der Waals surface area contributed by atoms with Crippen LogP contribution in [0.1, 0.15) is 19.2 Å². The fourth-order valence-corrected chi connectivity index (χ4v) is 2.94. The number of nitrogens with two attached hydrogens (primary N) is 1. The van der Waals surface area contributed by atoms with E-state index in [4.69, 9.17) is 10.3 Å². The summed E-state index contributed by atoms with van der Waals surface area (Å²) >= 11 is 3.51. The number of nitrogens with zero attached hydrogens (tertiary/aromatic N) is 2. The van der Waals surface area contributed by atoms with E-state index in [2.05, 4.69) is 17.1 Å². The van der Waals surface area contributed by atoms with Gasteiger partial charge in [-0.05, 0) is 23.6 Å². The lowest BCUT2D eigenvalue weighted by molar-refractivity contribution is 0.378. The van der Waals surface area contributed by atoms with E-state index in [0.717, 1.165) is 35.9 Å². The number of hydrogen-bond acceptors (Lipinski definition) is 6. The SMILES string of the molecule is CC(CN)SCCCc1nc(-c2cccs2)no1. The van der Waals surface area contributed by atoms with E-state index in [-0.39, 0.29) is 0 Å². The van der Waals surface area contributed by atoms with E-state index in [1.165, 1.54) is 0 Å². The minimum atomic E-state index is 0.523. The monoisotopic (exact) mass is 283 g/mol. The average molecular weight is 283 g/mol. The van der Waals surface area contributed by atoms with Crippen molar-refractivity contribution in [3.63, 3.8) is 0 Å². The molecule has 2 aromatic heterocycles. The molecule has 0 aromatic carbocycles. The van der Waals surface area contributed by atoms with Crippen LogP contribution in [0.5, 0.6) is 0 Å². The van der Waals surface area contributed by atoms with Gasteiger partial charge in [0.15, 0.2) is 0 Å². The minimum Gasteiger partial charge on any atom is -0.339 e. The summed E-state index contributed by atoms with van der Waals surface area (Å²) in [6.45, 7) is 2.88. The second kappa shape index (κ2) is 6.92. The number of hydrogen-bond donors (Lipinski definition) is 1. The van der Waals surface area contributed by atoms with Crippen molar-refractivity contribution in [2.24, 2.45) is 5.73 Å². The quantitative estimate of drug-likeness (QED) is 0.792. The molecule has 0 aliphatic carbocycles. The van der Waals surface area contributed by atoms with Gasteiger partial charge in [-0.25, -0.2) is 0 Å². The molecule has 0 spiro atoms. The van der Waals surface area contributed by atoms with Crippen molar-refractivity contribution in [1.82, 2.24) is 10.1 Å². The Balaban J connectivity index is 1.77. The lowest BCUT2D eigenvalue weighted by Crippen LogP contribution is -2.13. The molecule has 6 heteroatoms. The first-order chi connectivity index (χ1) is 8.79. The molecule has 98 valence electrons. The van der Waals surface area contributed by atoms with Crippen molar-refractivity contribution in [1.29, 1.82) is 0 Å². The number of thioether (sulfide) groups is 1. The summed E-state index contributed by atoms with van der Waals surface area (Å²) in [7, 11) is 0. The topological polar surface area (TPSA) is 64.9 Å². The molecule has 0 fully saturated rings. The third-order valence-electron chi connectivity index (χ3n) is 2.48. The number of aromatic nitrogens is 2. The van der Waals surface area contributed by atoms with Crippen LogP contribution in [0.15, 0.2) is 22.0 Å². The zero-order valence-electron chi connectivity index (χ0n) is 10.3. The maximum Gasteiger partial charge on any atom is 0.227 e. The predicted molar refractivity (Wildman–Crippen MR) is 76.9 cm³/mol. The minimum absolute atomic E-state index is 0.523. The summed E-state index contributed by atoms with van der Waals surface area (Å²) in [5.41, 5.74) is 5.56. The van der Waals surface area contributed by atoms with Gasteiger partial charge in [-0.3, -0.25) is 0 Å². The predicted octanol–water partition coefficient (Wildman–Crippen LogP) is 2.81. The van der Waals surface area contributed by atoms with Crippen molar-refractivity contribution in [2.75, 3.05) is 12.3 Å². The number of aryl methyl sites for hydroxylation is 1. The van der Waals surface area contributed by atoms with Crippen LogP contribution >= 0.6 is 23.1 Å². The van der Waals surface area contributed by atoms with Crippen molar-refractivity contribution >= 4 is 23.1 Å². The molecule has 2 heterocycles. The maximum absolute atomic E-state index is 5.56. The largest absolute Gasteiger partial charge is 0.339 e. The molecule has 0 aliphatic heterocycles. The molecule has 2 rings (SSSR count). The van der Waals surface area contributed by atoms with E-state index in [1.54, 1.807) is 11.3 Å². The first kappa shape index (κ1) is 13.6. The molecule has 4 nitrogen and oxygen atoms in total. The summed E-state index contributed by atoms with van der Waals surface area (Å²) in [5.74, 6) is 2.50. The third-order valence-corrected chi connectivity index (χ3v) is 4.63. The van der Waals surface area contributed by atoms with E-state index < -0.39 is 0 Å². The van der Waals surface area contributed by atoms with Crippen LogP contribution in [-0.2, 0) is 6.42 Å². The fourth-order valence-electron chi connectivity index (χ4n) is 1.44. The highest BCUT2D eigenvalue weighted by molar-refractivity contribution is 7.99. The molecule has 0 amide bonds. The fraction of sp³-hybridized carbons (Fsp3) is 0.500. The van der Waals surface area contributed by atoms with Gasteiger partial charge in [0.25, 0.3) is 0 Å². The Hall–Kier alpha value is -0.850. The average Bonchev–Trinajstić information content (AvgIpc) is 3.04. The van der Waals surface area contributed by atoms with E-state index in [9.17, 15) is 0 Å². The van der Waals surface area contributed by atoms with Crippen molar-refractivity contribution in [3.8, 4) is 10.7 Å². The third kappa shape index (κ3) is 3.83. The summed E-state index contributed by atoms with van der Waals surface area (Å²) in [6, 6.07) is 3.99. The van der Waals surface area contributed by atoms with E-state index >= 15 is 0 Å². The molecular formula is C12H17N3OS2. The lowest BCUT2D eigenvalue weighted by atomic mass is 10.3. The van der Waals surface area contributed by atoms with E-state index in [0.29, 0.717) is 11.1 Å². The smallest absolute Gasteiger partial charge is 0.227 e. The Kier molecular flexibility index (Phi) is 5.22. The van der Waals surface area contributed by atoms with Gasteiger partial charge in [-0.15, -0.1) is 11.3 Å². The van der Waals surface area contributed by atoms with Crippen molar-refractivity contribution in [2.45, 2.75) is 25.0 Å². The molecule has 0 saturated carbocycles. The van der Waals surface area contributed by atoms with Gasteiger partial charge in [0.2, 0.25) is 11.7 Å². The molecule has 0 saturated heterocycles. The summed E-state index contributed by atoms with van der Waals surface area (Å²) < 4.78 is 5.23.